The van der Waals surface area contributed by atoms with Crippen molar-refractivity contribution in [3.05, 3.63) is 29.3 Å². The lowest BCUT2D eigenvalue weighted by Gasteiger charge is -2.24. The summed E-state index contributed by atoms with van der Waals surface area (Å²) < 4.78 is 28.0. The van der Waals surface area contributed by atoms with Gasteiger partial charge in [-0.3, -0.25) is 4.99 Å². The van der Waals surface area contributed by atoms with Crippen molar-refractivity contribution in [1.29, 1.82) is 0 Å². The zero-order valence-electron chi connectivity index (χ0n) is 15.8. The van der Waals surface area contributed by atoms with Crippen molar-refractivity contribution in [2.75, 3.05) is 33.5 Å². The van der Waals surface area contributed by atoms with Gasteiger partial charge in [0.05, 0.1) is 11.9 Å². The maximum Gasteiger partial charge on any atom is 0.191 e. The number of guanidine groups is 1. The Morgan fingerprint density at radius 1 is 1.28 bits per heavy atom. The summed E-state index contributed by atoms with van der Waals surface area (Å²) in [5.74, 6) is 1.45. The molecule has 0 aliphatic heterocycles. The fourth-order valence-corrected chi connectivity index (χ4v) is 2.40. The summed E-state index contributed by atoms with van der Waals surface area (Å²) in [6.07, 6.45) is 2.02. The number of hydrogen-bond donors (Lipinski definition) is 2. The summed E-state index contributed by atoms with van der Waals surface area (Å²) in [6, 6.07) is 6.08. The van der Waals surface area contributed by atoms with Crippen LogP contribution in [0.5, 0.6) is 5.75 Å². The van der Waals surface area contributed by atoms with E-state index in [0.717, 1.165) is 17.7 Å². The van der Waals surface area contributed by atoms with Gasteiger partial charge in [0, 0.05) is 26.4 Å². The Labute approximate surface area is 168 Å². The van der Waals surface area contributed by atoms with E-state index in [1.807, 2.05) is 19.1 Å². The molecular weight excluding hydrogens is 453 g/mol. The van der Waals surface area contributed by atoms with Gasteiger partial charge in [0.1, 0.15) is 5.75 Å². The number of ether oxygens (including phenoxy) is 1. The summed E-state index contributed by atoms with van der Waals surface area (Å²) in [5.41, 5.74) is 2.31. The minimum Gasteiger partial charge on any atom is -0.496 e. The second-order valence-corrected chi connectivity index (χ2v) is 9.10. The number of aliphatic imine (C=N–C) groups is 1. The van der Waals surface area contributed by atoms with Crippen LogP contribution in [-0.4, -0.2) is 52.6 Å². The van der Waals surface area contributed by atoms with Crippen molar-refractivity contribution in [3.8, 4) is 5.75 Å². The highest BCUT2D eigenvalue weighted by Crippen LogP contribution is 2.19. The van der Waals surface area contributed by atoms with Crippen LogP contribution in [0.2, 0.25) is 0 Å². The number of rotatable bonds is 7. The molecule has 1 aromatic rings. The van der Waals surface area contributed by atoms with Crippen molar-refractivity contribution in [2.45, 2.75) is 31.9 Å². The third-order valence-corrected chi connectivity index (χ3v) is 6.18. The minimum atomic E-state index is -3.15. The van der Waals surface area contributed by atoms with Gasteiger partial charge in [-0.15, -0.1) is 24.0 Å². The monoisotopic (exact) mass is 483 g/mol. The van der Waals surface area contributed by atoms with Gasteiger partial charge in [-0.2, -0.15) is 0 Å². The van der Waals surface area contributed by atoms with Gasteiger partial charge >= 0.3 is 0 Å². The molecular formula is C17H30IN3O3S. The Morgan fingerprint density at radius 3 is 2.44 bits per heavy atom. The molecule has 0 fully saturated rings. The maximum absolute atomic E-state index is 11.7. The summed E-state index contributed by atoms with van der Waals surface area (Å²) in [6.45, 7) is 6.39. The predicted molar refractivity (Wildman–Crippen MR) is 115 cm³/mol. The standard InChI is InChI=1S/C17H29N3O3S.HI/c1-13-7-8-15(23-5)14(11-13)9-10-19-16(18-4)20-12-17(2,3)24(6,21)22;/h7-8,11H,9-10,12H2,1-6H3,(H2,18,19,20);1H. The summed E-state index contributed by atoms with van der Waals surface area (Å²) in [5, 5.41) is 6.27. The molecule has 1 rings (SSSR count). The number of nitrogens with one attached hydrogen (secondary N) is 2. The SMILES string of the molecule is CN=C(NCCc1cc(C)ccc1OC)NCC(C)(C)S(C)(=O)=O.I. The number of sulfone groups is 1. The van der Waals surface area contributed by atoms with Crippen LogP contribution in [0.15, 0.2) is 23.2 Å². The molecule has 144 valence electrons. The lowest BCUT2D eigenvalue weighted by Crippen LogP contribution is -2.48. The smallest absolute Gasteiger partial charge is 0.191 e. The van der Waals surface area contributed by atoms with Gasteiger partial charge in [-0.25, -0.2) is 8.42 Å². The van der Waals surface area contributed by atoms with Crippen molar-refractivity contribution in [1.82, 2.24) is 10.6 Å². The highest BCUT2D eigenvalue weighted by atomic mass is 127. The van der Waals surface area contributed by atoms with E-state index in [1.165, 1.54) is 11.8 Å². The first-order chi connectivity index (χ1) is 11.1. The van der Waals surface area contributed by atoms with Gasteiger partial charge in [-0.1, -0.05) is 17.7 Å². The highest BCUT2D eigenvalue weighted by molar-refractivity contribution is 14.0. The molecule has 0 aliphatic rings. The Kier molecular flexibility index (Phi) is 9.78. The van der Waals surface area contributed by atoms with E-state index in [1.54, 1.807) is 28.0 Å². The largest absolute Gasteiger partial charge is 0.496 e. The summed E-state index contributed by atoms with van der Waals surface area (Å²) in [4.78, 5) is 4.13. The van der Waals surface area contributed by atoms with Crippen molar-refractivity contribution in [3.63, 3.8) is 0 Å². The van der Waals surface area contributed by atoms with E-state index in [4.69, 9.17) is 4.74 Å². The van der Waals surface area contributed by atoms with Gasteiger partial charge in [0.25, 0.3) is 0 Å². The van der Waals surface area contributed by atoms with Gasteiger partial charge < -0.3 is 15.4 Å². The molecule has 6 nitrogen and oxygen atoms in total. The Hall–Kier alpha value is -1.03. The van der Waals surface area contributed by atoms with E-state index >= 15 is 0 Å². The quantitative estimate of drug-likeness (QED) is 0.353. The third-order valence-electron chi connectivity index (χ3n) is 4.03. The lowest BCUT2D eigenvalue weighted by molar-refractivity contribution is 0.409. The third kappa shape index (κ3) is 7.39. The van der Waals surface area contributed by atoms with E-state index in [0.29, 0.717) is 19.0 Å². The van der Waals surface area contributed by atoms with Crippen LogP contribution in [-0.2, 0) is 16.3 Å². The Bertz CT molecular complexity index is 688. The number of methoxy groups -OCH3 is 1. The zero-order chi connectivity index (χ0) is 18.4. The molecule has 0 saturated carbocycles. The fourth-order valence-electron chi connectivity index (χ4n) is 2.07. The first-order valence-corrected chi connectivity index (χ1v) is 9.77. The molecule has 25 heavy (non-hydrogen) atoms. The molecule has 2 N–H and O–H groups in total. The van der Waals surface area contributed by atoms with Gasteiger partial charge in [-0.05, 0) is 38.8 Å². The minimum absolute atomic E-state index is 0. The molecule has 0 aliphatic carbocycles. The van der Waals surface area contributed by atoms with Crippen LogP contribution in [0, 0.1) is 6.92 Å². The summed E-state index contributed by atoms with van der Waals surface area (Å²) >= 11 is 0. The van der Waals surface area contributed by atoms with E-state index in [-0.39, 0.29) is 24.0 Å². The average molecular weight is 483 g/mol. The molecule has 0 saturated heterocycles. The lowest BCUT2D eigenvalue weighted by atomic mass is 10.1. The maximum atomic E-state index is 11.7. The van der Waals surface area contributed by atoms with Crippen molar-refractivity contribution >= 4 is 39.8 Å². The molecule has 8 heteroatoms. The summed E-state index contributed by atoms with van der Waals surface area (Å²) in [7, 11) is 0.179. The fraction of sp³-hybridized carbons (Fsp3) is 0.588. The second-order valence-electron chi connectivity index (χ2n) is 6.45. The predicted octanol–water partition coefficient (Wildman–Crippen LogP) is 2.15. The van der Waals surface area contributed by atoms with Crippen LogP contribution in [0.1, 0.15) is 25.0 Å². The topological polar surface area (TPSA) is 79.8 Å². The number of hydrogen-bond acceptors (Lipinski definition) is 4. The molecule has 0 unspecified atom stereocenters. The second kappa shape index (κ2) is 10.2. The van der Waals surface area contributed by atoms with E-state index in [9.17, 15) is 8.42 Å². The number of nitrogens with zero attached hydrogens (tertiary/aromatic N) is 1. The normalized spacial score (nSPS) is 12.3. The van der Waals surface area contributed by atoms with Gasteiger partial charge in [0.2, 0.25) is 0 Å². The first kappa shape index (κ1) is 24.0. The van der Waals surface area contributed by atoms with Crippen LogP contribution in [0.3, 0.4) is 0 Å². The average Bonchev–Trinajstić information content (AvgIpc) is 2.49. The van der Waals surface area contributed by atoms with E-state index < -0.39 is 14.6 Å². The molecule has 0 amide bonds. The molecule has 0 atom stereocenters. The zero-order valence-corrected chi connectivity index (χ0v) is 19.0. The molecule has 0 bridgehead atoms. The first-order valence-electron chi connectivity index (χ1n) is 7.88. The van der Waals surface area contributed by atoms with Crippen molar-refractivity contribution < 1.29 is 13.2 Å². The molecule has 0 aromatic heterocycles. The number of aryl methyl sites for hydroxylation is 1. The van der Waals surface area contributed by atoms with Crippen LogP contribution in [0.25, 0.3) is 0 Å². The number of halogens is 1. The van der Waals surface area contributed by atoms with Crippen LogP contribution in [0.4, 0.5) is 0 Å². The Balaban J connectivity index is 0.00000576. The van der Waals surface area contributed by atoms with Gasteiger partial charge in [0.15, 0.2) is 15.8 Å². The van der Waals surface area contributed by atoms with E-state index in [2.05, 4.69) is 21.7 Å². The van der Waals surface area contributed by atoms with Crippen LogP contribution >= 0.6 is 24.0 Å². The number of benzene rings is 1. The van der Waals surface area contributed by atoms with Crippen LogP contribution < -0.4 is 15.4 Å². The molecule has 0 heterocycles. The Morgan fingerprint density at radius 2 is 1.92 bits per heavy atom. The highest BCUT2D eigenvalue weighted by Gasteiger charge is 2.30. The van der Waals surface area contributed by atoms with Crippen molar-refractivity contribution in [2.24, 2.45) is 4.99 Å². The molecule has 1 aromatic carbocycles. The molecule has 0 spiro atoms. The molecule has 0 radical (unpaired) electrons.